The van der Waals surface area contributed by atoms with Gasteiger partial charge < -0.3 is 9.26 Å². The normalized spacial score (nSPS) is 26.5. The van der Waals surface area contributed by atoms with Crippen molar-refractivity contribution in [3.63, 3.8) is 0 Å². The van der Waals surface area contributed by atoms with E-state index in [1.165, 1.54) is 25.7 Å². The molecular formula is C16H18N2O3S. The number of fused-ring (bicyclic) bond motifs is 2. The quantitative estimate of drug-likeness (QED) is 0.787. The number of thiophene rings is 1. The predicted molar refractivity (Wildman–Crippen MR) is 81.0 cm³/mol. The largest absolute Gasteiger partial charge is 0.456 e. The Balaban J connectivity index is 1.28. The highest BCUT2D eigenvalue weighted by molar-refractivity contribution is 7.13. The zero-order chi connectivity index (χ0) is 14.9. The summed E-state index contributed by atoms with van der Waals surface area (Å²) in [5, 5.41) is 5.86. The van der Waals surface area contributed by atoms with Crippen LogP contribution in [0.1, 0.15) is 38.0 Å². The van der Waals surface area contributed by atoms with E-state index in [4.69, 9.17) is 9.26 Å². The molecule has 2 fully saturated rings. The molecule has 22 heavy (non-hydrogen) atoms. The summed E-state index contributed by atoms with van der Waals surface area (Å²) >= 11 is 1.55. The van der Waals surface area contributed by atoms with Gasteiger partial charge in [-0.2, -0.15) is 4.98 Å². The van der Waals surface area contributed by atoms with Gasteiger partial charge in [-0.25, -0.2) is 0 Å². The smallest absolute Gasteiger partial charge is 0.306 e. The average molecular weight is 318 g/mol. The Bertz CT molecular complexity index is 652. The summed E-state index contributed by atoms with van der Waals surface area (Å²) in [6.45, 7) is 0.0675. The third kappa shape index (κ3) is 2.79. The number of nitrogens with zero attached hydrogens (tertiary/aromatic N) is 2. The number of ether oxygens (including phenoxy) is 1. The Kier molecular flexibility index (Phi) is 3.70. The van der Waals surface area contributed by atoms with Gasteiger partial charge in [0.2, 0.25) is 5.82 Å². The molecule has 3 atom stereocenters. The third-order valence-corrected chi connectivity index (χ3v) is 5.75. The van der Waals surface area contributed by atoms with Crippen LogP contribution < -0.4 is 0 Å². The molecule has 2 aliphatic carbocycles. The van der Waals surface area contributed by atoms with Crippen molar-refractivity contribution < 1.29 is 14.1 Å². The fraction of sp³-hybridized carbons (Fsp3) is 0.562. The summed E-state index contributed by atoms with van der Waals surface area (Å²) in [5.74, 6) is 2.88. The molecule has 0 N–H and O–H groups in total. The van der Waals surface area contributed by atoms with E-state index >= 15 is 0 Å². The number of hydrogen-bond acceptors (Lipinski definition) is 6. The first kappa shape index (κ1) is 13.9. The summed E-state index contributed by atoms with van der Waals surface area (Å²) < 4.78 is 10.4. The molecule has 4 rings (SSSR count). The van der Waals surface area contributed by atoms with Crippen molar-refractivity contribution in [3.8, 4) is 10.7 Å². The fourth-order valence-corrected chi connectivity index (χ4v) is 4.51. The maximum Gasteiger partial charge on any atom is 0.306 e. The van der Waals surface area contributed by atoms with Gasteiger partial charge in [-0.05, 0) is 48.5 Å². The Morgan fingerprint density at radius 2 is 2.36 bits per heavy atom. The molecule has 116 valence electrons. The van der Waals surface area contributed by atoms with E-state index in [2.05, 4.69) is 10.1 Å². The van der Waals surface area contributed by atoms with Crippen molar-refractivity contribution in [3.05, 3.63) is 23.4 Å². The van der Waals surface area contributed by atoms with Crippen LogP contribution in [0.3, 0.4) is 0 Å². The number of carbonyl (C=O) groups excluding carboxylic acids is 1. The highest BCUT2D eigenvalue weighted by Gasteiger charge is 2.40. The average Bonchev–Trinajstić information content (AvgIpc) is 3.27. The lowest BCUT2D eigenvalue weighted by atomic mass is 9.86. The number of carbonyl (C=O) groups is 1. The topological polar surface area (TPSA) is 65.2 Å². The molecule has 2 aromatic heterocycles. The van der Waals surface area contributed by atoms with Gasteiger partial charge in [0, 0.05) is 6.42 Å². The predicted octanol–water partition coefficient (Wildman–Crippen LogP) is 3.67. The first-order valence-corrected chi connectivity index (χ1v) is 8.68. The molecule has 2 aromatic rings. The third-order valence-electron chi connectivity index (χ3n) is 4.88. The first-order chi connectivity index (χ1) is 10.8. The molecule has 0 spiro atoms. The minimum atomic E-state index is -0.145. The summed E-state index contributed by atoms with van der Waals surface area (Å²) in [5.41, 5.74) is 0. The molecule has 0 saturated heterocycles. The molecule has 0 unspecified atom stereocenters. The van der Waals surface area contributed by atoms with Gasteiger partial charge in [-0.3, -0.25) is 4.79 Å². The number of hydrogen-bond donors (Lipinski definition) is 0. The second-order valence-electron chi connectivity index (χ2n) is 6.29. The number of esters is 1. The maximum atomic E-state index is 12.0. The maximum absolute atomic E-state index is 12.0. The van der Waals surface area contributed by atoms with Crippen molar-refractivity contribution in [2.75, 3.05) is 0 Å². The van der Waals surface area contributed by atoms with E-state index in [9.17, 15) is 4.79 Å². The molecule has 5 nitrogen and oxygen atoms in total. The molecule has 0 radical (unpaired) electrons. The zero-order valence-corrected chi connectivity index (χ0v) is 13.1. The SMILES string of the molecule is O=C(C[C@H]1C[C@H]2CC[C@H]1C2)OCc1nc(-c2cccs2)no1. The van der Waals surface area contributed by atoms with Crippen LogP contribution in [0.2, 0.25) is 0 Å². The van der Waals surface area contributed by atoms with Crippen LogP contribution in [-0.2, 0) is 16.1 Å². The summed E-state index contributed by atoms with van der Waals surface area (Å²) in [7, 11) is 0. The van der Waals surface area contributed by atoms with Crippen LogP contribution in [-0.4, -0.2) is 16.1 Å². The summed E-state index contributed by atoms with van der Waals surface area (Å²) in [4.78, 5) is 17.2. The van der Waals surface area contributed by atoms with Gasteiger partial charge in [-0.1, -0.05) is 17.6 Å². The standard InChI is InChI=1S/C16H18N2O3S/c19-15(8-12-7-10-3-4-11(12)6-10)20-9-14-17-16(18-21-14)13-2-1-5-22-13/h1-2,5,10-12H,3-4,6-9H2/t10-,11-,12+/m0/s1. The minimum Gasteiger partial charge on any atom is -0.456 e. The van der Waals surface area contributed by atoms with Crippen molar-refractivity contribution in [2.24, 2.45) is 17.8 Å². The zero-order valence-electron chi connectivity index (χ0n) is 12.2. The minimum absolute atomic E-state index is 0.0675. The monoisotopic (exact) mass is 318 g/mol. The Morgan fingerprint density at radius 3 is 3.09 bits per heavy atom. The van der Waals surface area contributed by atoms with Crippen LogP contribution in [0, 0.1) is 17.8 Å². The number of aromatic nitrogens is 2. The molecule has 2 bridgehead atoms. The van der Waals surface area contributed by atoms with Gasteiger partial charge in [0.25, 0.3) is 5.89 Å². The summed E-state index contributed by atoms with van der Waals surface area (Å²) in [6.07, 6.45) is 5.68. The second kappa shape index (κ2) is 5.83. The van der Waals surface area contributed by atoms with Crippen LogP contribution in [0.4, 0.5) is 0 Å². The van der Waals surface area contributed by atoms with E-state index in [1.54, 1.807) is 11.3 Å². The van der Waals surface area contributed by atoms with Gasteiger partial charge in [0.1, 0.15) is 0 Å². The van der Waals surface area contributed by atoms with Crippen LogP contribution in [0.25, 0.3) is 10.7 Å². The Hall–Kier alpha value is -1.69. The fourth-order valence-electron chi connectivity index (χ4n) is 3.86. The Morgan fingerprint density at radius 1 is 1.41 bits per heavy atom. The van der Waals surface area contributed by atoms with E-state index in [0.29, 0.717) is 24.1 Å². The molecule has 2 heterocycles. The first-order valence-electron chi connectivity index (χ1n) is 7.80. The molecule has 0 aliphatic heterocycles. The van der Waals surface area contributed by atoms with E-state index in [0.717, 1.165) is 16.7 Å². The molecule has 2 aliphatic rings. The molecular weight excluding hydrogens is 300 g/mol. The number of rotatable bonds is 5. The van der Waals surface area contributed by atoms with Crippen molar-refractivity contribution in [1.82, 2.24) is 10.1 Å². The lowest BCUT2D eigenvalue weighted by molar-refractivity contribution is -0.147. The summed E-state index contributed by atoms with van der Waals surface area (Å²) in [6, 6.07) is 3.87. The van der Waals surface area contributed by atoms with E-state index in [1.807, 2.05) is 17.5 Å². The lowest BCUT2D eigenvalue weighted by Gasteiger charge is -2.20. The highest BCUT2D eigenvalue weighted by Crippen LogP contribution is 2.49. The molecule has 0 aromatic carbocycles. The van der Waals surface area contributed by atoms with E-state index < -0.39 is 0 Å². The van der Waals surface area contributed by atoms with E-state index in [-0.39, 0.29) is 12.6 Å². The van der Waals surface area contributed by atoms with Crippen LogP contribution in [0.5, 0.6) is 0 Å². The van der Waals surface area contributed by atoms with Crippen LogP contribution >= 0.6 is 11.3 Å². The second-order valence-corrected chi connectivity index (χ2v) is 7.24. The molecule has 0 amide bonds. The molecule has 2 saturated carbocycles. The molecule has 6 heteroatoms. The van der Waals surface area contributed by atoms with Crippen molar-refractivity contribution in [2.45, 2.75) is 38.7 Å². The van der Waals surface area contributed by atoms with Gasteiger partial charge in [0.15, 0.2) is 6.61 Å². The highest BCUT2D eigenvalue weighted by atomic mass is 32.1. The Labute approximate surface area is 132 Å². The van der Waals surface area contributed by atoms with Gasteiger partial charge in [-0.15, -0.1) is 11.3 Å². The van der Waals surface area contributed by atoms with Crippen LogP contribution in [0.15, 0.2) is 22.0 Å². The van der Waals surface area contributed by atoms with Crippen molar-refractivity contribution in [1.29, 1.82) is 0 Å². The van der Waals surface area contributed by atoms with Gasteiger partial charge in [0.05, 0.1) is 4.88 Å². The van der Waals surface area contributed by atoms with Crippen molar-refractivity contribution >= 4 is 17.3 Å². The van der Waals surface area contributed by atoms with Gasteiger partial charge >= 0.3 is 5.97 Å². The lowest BCUT2D eigenvalue weighted by Crippen LogP contribution is -2.17.